The summed E-state index contributed by atoms with van der Waals surface area (Å²) in [6.45, 7) is 0.221. The average Bonchev–Trinajstić information content (AvgIpc) is 3.34. The van der Waals surface area contributed by atoms with Crippen molar-refractivity contribution in [2.45, 2.75) is 25.4 Å². The molecule has 1 fully saturated rings. The van der Waals surface area contributed by atoms with Gasteiger partial charge in [0.25, 0.3) is 0 Å². The molecule has 32 heavy (non-hydrogen) atoms. The third-order valence-corrected chi connectivity index (χ3v) is 6.89. The van der Waals surface area contributed by atoms with Gasteiger partial charge in [0.05, 0.1) is 15.6 Å². The van der Waals surface area contributed by atoms with Crippen LogP contribution in [0.15, 0.2) is 58.4 Å². The highest BCUT2D eigenvalue weighted by atomic mass is 35.5. The number of thiophene rings is 1. The lowest BCUT2D eigenvalue weighted by Gasteiger charge is -2.12. The number of hydrogen-bond acceptors (Lipinski definition) is 5. The molecule has 0 spiro atoms. The van der Waals surface area contributed by atoms with Crippen molar-refractivity contribution in [2.75, 3.05) is 0 Å². The van der Waals surface area contributed by atoms with Gasteiger partial charge in [0, 0.05) is 17.0 Å². The summed E-state index contributed by atoms with van der Waals surface area (Å²) in [6.07, 6.45) is 2.09. The van der Waals surface area contributed by atoms with Gasteiger partial charge in [-0.15, -0.1) is 11.3 Å². The first-order valence-corrected chi connectivity index (χ1v) is 11.6. The summed E-state index contributed by atoms with van der Waals surface area (Å²) in [6, 6.07) is 14.5. The normalized spacial score (nSPS) is 13.3. The highest BCUT2D eigenvalue weighted by Gasteiger charge is 2.33. The molecule has 1 N–H and O–H groups in total. The van der Waals surface area contributed by atoms with Crippen molar-refractivity contribution in [3.63, 3.8) is 0 Å². The zero-order valence-corrected chi connectivity index (χ0v) is 19.0. The Morgan fingerprint density at radius 1 is 1.16 bits per heavy atom. The van der Waals surface area contributed by atoms with Crippen LogP contribution in [-0.2, 0) is 6.61 Å². The van der Waals surface area contributed by atoms with Gasteiger partial charge in [-0.1, -0.05) is 52.6 Å². The highest BCUT2D eigenvalue weighted by Crippen LogP contribution is 2.46. The van der Waals surface area contributed by atoms with Crippen LogP contribution < -0.4 is 4.74 Å². The summed E-state index contributed by atoms with van der Waals surface area (Å²) in [5.74, 6) is 0.819. The molecule has 0 bridgehead atoms. The van der Waals surface area contributed by atoms with Gasteiger partial charge in [-0.05, 0) is 48.1 Å². The number of benzene rings is 2. The van der Waals surface area contributed by atoms with E-state index in [1.54, 1.807) is 24.3 Å². The first kappa shape index (κ1) is 21.1. The minimum Gasteiger partial charge on any atom is -0.488 e. The molecule has 2 aromatic carbocycles. The average molecular weight is 486 g/mol. The molecule has 0 unspecified atom stereocenters. The van der Waals surface area contributed by atoms with Crippen molar-refractivity contribution in [1.29, 1.82) is 0 Å². The van der Waals surface area contributed by atoms with E-state index in [4.69, 9.17) is 32.5 Å². The molecule has 4 aromatic rings. The van der Waals surface area contributed by atoms with Crippen LogP contribution in [0.3, 0.4) is 0 Å². The fraction of sp³-hybridized carbons (Fsp3) is 0.167. The maximum atomic E-state index is 11.3. The minimum absolute atomic E-state index is 0.221. The van der Waals surface area contributed by atoms with Crippen LogP contribution in [-0.4, -0.2) is 16.2 Å². The molecule has 0 aliphatic heterocycles. The predicted octanol–water partition coefficient (Wildman–Crippen LogP) is 7.53. The molecule has 1 saturated carbocycles. The number of aromatic carboxylic acids is 1. The highest BCUT2D eigenvalue weighted by molar-refractivity contribution is 7.12. The minimum atomic E-state index is -0.945. The zero-order valence-electron chi connectivity index (χ0n) is 16.7. The van der Waals surface area contributed by atoms with Gasteiger partial charge in [0.1, 0.15) is 28.7 Å². The number of aromatic nitrogens is 1. The second-order valence-electron chi connectivity index (χ2n) is 7.53. The number of para-hydroxylation sites is 1. The topological polar surface area (TPSA) is 72.6 Å². The first-order chi connectivity index (χ1) is 15.5. The lowest BCUT2D eigenvalue weighted by atomic mass is 10.0. The van der Waals surface area contributed by atoms with Crippen molar-refractivity contribution in [2.24, 2.45) is 0 Å². The molecular weight excluding hydrogens is 469 g/mol. The van der Waals surface area contributed by atoms with Crippen molar-refractivity contribution >= 4 is 40.5 Å². The molecule has 1 aliphatic rings. The van der Waals surface area contributed by atoms with Crippen molar-refractivity contribution in [3.8, 4) is 28.1 Å². The molecule has 2 heterocycles. The Kier molecular flexibility index (Phi) is 5.67. The quantitative estimate of drug-likeness (QED) is 0.292. The standard InChI is InChI=1S/C24H17Cl2NO4S/c25-17-5-3-6-18(26)21(17)22-16(23(31-27-22)13-8-9-13)11-30-19-7-2-1-4-15(19)14-10-20(24(28)29)32-12-14/h1-7,10,12-13H,8-9,11H2,(H,28,29). The molecule has 1 aliphatic carbocycles. The van der Waals surface area contributed by atoms with Crippen LogP contribution in [0, 0.1) is 0 Å². The van der Waals surface area contributed by atoms with E-state index in [2.05, 4.69) is 5.16 Å². The van der Waals surface area contributed by atoms with E-state index in [1.807, 2.05) is 29.6 Å². The summed E-state index contributed by atoms with van der Waals surface area (Å²) >= 11 is 14.1. The van der Waals surface area contributed by atoms with Crippen molar-refractivity contribution in [1.82, 2.24) is 5.16 Å². The summed E-state index contributed by atoms with van der Waals surface area (Å²) in [4.78, 5) is 11.6. The lowest BCUT2D eigenvalue weighted by Crippen LogP contribution is -2.01. The number of carboxylic acid groups (broad SMARTS) is 1. The van der Waals surface area contributed by atoms with Crippen LogP contribution in [0.1, 0.15) is 39.8 Å². The molecule has 162 valence electrons. The Hall–Kier alpha value is -2.80. The van der Waals surface area contributed by atoms with Gasteiger partial charge in [-0.3, -0.25) is 0 Å². The predicted molar refractivity (Wildman–Crippen MR) is 125 cm³/mol. The molecule has 5 rings (SSSR count). The fourth-order valence-electron chi connectivity index (χ4n) is 3.62. The van der Waals surface area contributed by atoms with E-state index in [9.17, 15) is 9.90 Å². The largest absolute Gasteiger partial charge is 0.488 e. The number of halogens is 2. The number of ether oxygens (including phenoxy) is 1. The number of carbonyl (C=O) groups is 1. The molecular formula is C24H17Cl2NO4S. The van der Waals surface area contributed by atoms with Crippen LogP contribution in [0.25, 0.3) is 22.4 Å². The van der Waals surface area contributed by atoms with E-state index in [0.29, 0.717) is 33.0 Å². The number of carboxylic acids is 1. The van der Waals surface area contributed by atoms with Gasteiger partial charge in [0.15, 0.2) is 0 Å². The third kappa shape index (κ3) is 4.01. The smallest absolute Gasteiger partial charge is 0.345 e. The van der Waals surface area contributed by atoms with Crippen molar-refractivity contribution in [3.05, 3.63) is 80.2 Å². The van der Waals surface area contributed by atoms with E-state index in [1.165, 1.54) is 11.3 Å². The number of nitrogens with zero attached hydrogens (tertiary/aromatic N) is 1. The molecule has 2 aromatic heterocycles. The van der Waals surface area contributed by atoms with E-state index in [0.717, 1.165) is 35.3 Å². The Morgan fingerprint density at radius 2 is 1.91 bits per heavy atom. The summed E-state index contributed by atoms with van der Waals surface area (Å²) in [5, 5.41) is 16.4. The van der Waals surface area contributed by atoms with Crippen LogP contribution in [0.2, 0.25) is 10.0 Å². The van der Waals surface area contributed by atoms with E-state index < -0.39 is 5.97 Å². The van der Waals surface area contributed by atoms with Gasteiger partial charge < -0.3 is 14.4 Å². The van der Waals surface area contributed by atoms with Crippen LogP contribution in [0.5, 0.6) is 5.75 Å². The van der Waals surface area contributed by atoms with Gasteiger partial charge in [-0.2, -0.15) is 0 Å². The summed E-state index contributed by atoms with van der Waals surface area (Å²) in [5.41, 5.74) is 3.66. The lowest BCUT2D eigenvalue weighted by molar-refractivity contribution is 0.0702. The van der Waals surface area contributed by atoms with Crippen LogP contribution in [0.4, 0.5) is 0 Å². The zero-order chi connectivity index (χ0) is 22.2. The molecule has 0 radical (unpaired) electrons. The first-order valence-electron chi connectivity index (χ1n) is 9.99. The Labute approximate surface area is 198 Å². The number of rotatable bonds is 7. The van der Waals surface area contributed by atoms with Crippen molar-refractivity contribution < 1.29 is 19.2 Å². The van der Waals surface area contributed by atoms with Gasteiger partial charge in [-0.25, -0.2) is 4.79 Å². The van der Waals surface area contributed by atoms with E-state index in [-0.39, 0.29) is 11.5 Å². The fourth-order valence-corrected chi connectivity index (χ4v) is 4.94. The van der Waals surface area contributed by atoms with Gasteiger partial charge >= 0.3 is 5.97 Å². The molecule has 0 atom stereocenters. The second-order valence-corrected chi connectivity index (χ2v) is 9.26. The Bertz CT molecular complexity index is 1290. The van der Waals surface area contributed by atoms with Crippen LogP contribution >= 0.6 is 34.5 Å². The maximum absolute atomic E-state index is 11.3. The van der Waals surface area contributed by atoms with Gasteiger partial charge in [0.2, 0.25) is 0 Å². The van der Waals surface area contributed by atoms with E-state index >= 15 is 0 Å². The Balaban J connectivity index is 1.50. The second kappa shape index (κ2) is 8.62. The summed E-state index contributed by atoms with van der Waals surface area (Å²) in [7, 11) is 0. The SMILES string of the molecule is O=C(O)c1cc(-c2ccccc2OCc2c(-c3c(Cl)cccc3Cl)noc2C2CC2)cs1. The molecule has 0 amide bonds. The monoisotopic (exact) mass is 485 g/mol. The molecule has 8 heteroatoms. The maximum Gasteiger partial charge on any atom is 0.345 e. The molecule has 5 nitrogen and oxygen atoms in total. The number of hydrogen-bond donors (Lipinski definition) is 1. The molecule has 0 saturated heterocycles. The Morgan fingerprint density at radius 3 is 2.59 bits per heavy atom. The summed E-state index contributed by atoms with van der Waals surface area (Å²) < 4.78 is 11.9. The third-order valence-electron chi connectivity index (χ3n) is 5.35.